The van der Waals surface area contributed by atoms with Crippen molar-refractivity contribution >= 4 is 0 Å². The fourth-order valence-electron chi connectivity index (χ4n) is 3.51. The highest BCUT2D eigenvalue weighted by Crippen LogP contribution is 2.35. The number of methoxy groups -OCH3 is 1. The van der Waals surface area contributed by atoms with Gasteiger partial charge in [-0.2, -0.15) is 0 Å². The third-order valence-corrected chi connectivity index (χ3v) is 4.75. The van der Waals surface area contributed by atoms with Crippen LogP contribution in [0.1, 0.15) is 51.9 Å². The molecule has 0 aromatic heterocycles. The van der Waals surface area contributed by atoms with Crippen molar-refractivity contribution < 1.29 is 4.74 Å². The molecule has 1 unspecified atom stereocenters. The van der Waals surface area contributed by atoms with Crippen molar-refractivity contribution in [2.24, 2.45) is 11.8 Å². The minimum Gasteiger partial charge on any atom is -0.367 e. The van der Waals surface area contributed by atoms with Crippen molar-refractivity contribution in [1.29, 1.82) is 0 Å². The molecule has 0 amide bonds. The van der Waals surface area contributed by atoms with Gasteiger partial charge < -0.3 is 4.74 Å². The number of piperidine rings is 1. The van der Waals surface area contributed by atoms with Crippen molar-refractivity contribution in [3.63, 3.8) is 0 Å². The van der Waals surface area contributed by atoms with Crippen LogP contribution in [0, 0.1) is 11.8 Å². The van der Waals surface area contributed by atoms with Crippen LogP contribution in [0.4, 0.5) is 0 Å². The molecule has 2 aliphatic rings. The van der Waals surface area contributed by atoms with Crippen LogP contribution in [0.15, 0.2) is 0 Å². The first-order valence-corrected chi connectivity index (χ1v) is 7.08. The van der Waals surface area contributed by atoms with E-state index in [1.54, 1.807) is 0 Å². The molecule has 1 saturated carbocycles. The van der Waals surface area contributed by atoms with Gasteiger partial charge >= 0.3 is 0 Å². The van der Waals surface area contributed by atoms with Crippen LogP contribution in [0.3, 0.4) is 0 Å². The number of rotatable bonds is 3. The number of nitrogens with zero attached hydrogens (tertiary/aromatic N) is 1. The Kier molecular flexibility index (Phi) is 4.66. The number of likely N-dealkylation sites (tertiary alicyclic amines) is 1. The van der Waals surface area contributed by atoms with Gasteiger partial charge in [-0.3, -0.25) is 4.90 Å². The molecule has 16 heavy (non-hydrogen) atoms. The first-order valence-electron chi connectivity index (χ1n) is 7.08. The van der Waals surface area contributed by atoms with Gasteiger partial charge in [0.15, 0.2) is 0 Å². The molecule has 2 rings (SSSR count). The minimum absolute atomic E-state index is 0.312. The first-order chi connectivity index (χ1) is 7.81. The predicted molar refractivity (Wildman–Crippen MR) is 67.3 cm³/mol. The molecule has 1 aliphatic heterocycles. The van der Waals surface area contributed by atoms with Gasteiger partial charge in [0.25, 0.3) is 0 Å². The Balaban J connectivity index is 1.75. The first kappa shape index (κ1) is 12.4. The van der Waals surface area contributed by atoms with Crippen LogP contribution < -0.4 is 0 Å². The summed E-state index contributed by atoms with van der Waals surface area (Å²) in [5, 5.41) is 0. The van der Waals surface area contributed by atoms with Gasteiger partial charge in [-0.15, -0.1) is 0 Å². The molecule has 2 fully saturated rings. The summed E-state index contributed by atoms with van der Waals surface area (Å²) in [5.74, 6) is 2.06. The zero-order valence-electron chi connectivity index (χ0n) is 11.0. The molecule has 0 spiro atoms. The van der Waals surface area contributed by atoms with E-state index in [-0.39, 0.29) is 0 Å². The molecule has 1 aliphatic carbocycles. The Morgan fingerprint density at radius 1 is 0.938 bits per heavy atom. The quantitative estimate of drug-likeness (QED) is 0.731. The summed E-state index contributed by atoms with van der Waals surface area (Å²) in [4.78, 5) is 2.49. The van der Waals surface area contributed by atoms with Crippen molar-refractivity contribution in [2.75, 3.05) is 20.2 Å². The van der Waals surface area contributed by atoms with E-state index in [0.717, 1.165) is 11.8 Å². The van der Waals surface area contributed by atoms with E-state index >= 15 is 0 Å². The second kappa shape index (κ2) is 6.02. The Morgan fingerprint density at radius 3 is 2.06 bits per heavy atom. The van der Waals surface area contributed by atoms with Crippen LogP contribution >= 0.6 is 0 Å². The summed E-state index contributed by atoms with van der Waals surface area (Å²) in [6, 6.07) is 0. The lowest BCUT2D eigenvalue weighted by molar-refractivity contribution is -0.0408. The summed E-state index contributed by atoms with van der Waals surface area (Å²) in [7, 11) is 1.82. The Labute approximate surface area is 100 Å². The highest BCUT2D eigenvalue weighted by atomic mass is 16.5. The third-order valence-electron chi connectivity index (χ3n) is 4.75. The smallest absolute Gasteiger partial charge is 0.107 e. The third kappa shape index (κ3) is 2.98. The zero-order valence-corrected chi connectivity index (χ0v) is 11.0. The van der Waals surface area contributed by atoms with Crippen LogP contribution in [-0.2, 0) is 4.74 Å². The Bertz CT molecular complexity index is 193. The largest absolute Gasteiger partial charge is 0.367 e. The second-order valence-electron chi connectivity index (χ2n) is 5.61. The van der Waals surface area contributed by atoms with Gasteiger partial charge in [0.05, 0.1) is 0 Å². The molecule has 0 bridgehead atoms. The highest BCUT2D eigenvalue weighted by molar-refractivity contribution is 4.80. The standard InChI is InChI=1S/C14H27NO/c1-12(16-2)15-10-8-14(9-11-15)13-6-4-3-5-7-13/h12-14H,3-11H2,1-2H3. The average molecular weight is 225 g/mol. The van der Waals surface area contributed by atoms with Gasteiger partial charge in [0.2, 0.25) is 0 Å². The summed E-state index contributed by atoms with van der Waals surface area (Å²) in [5.41, 5.74) is 0. The van der Waals surface area contributed by atoms with Crippen LogP contribution in [-0.4, -0.2) is 31.3 Å². The fourth-order valence-corrected chi connectivity index (χ4v) is 3.51. The summed E-state index contributed by atoms with van der Waals surface area (Å²) >= 11 is 0. The van der Waals surface area contributed by atoms with E-state index in [9.17, 15) is 0 Å². The topological polar surface area (TPSA) is 12.5 Å². The van der Waals surface area contributed by atoms with E-state index in [4.69, 9.17) is 4.74 Å². The van der Waals surface area contributed by atoms with E-state index < -0.39 is 0 Å². The zero-order chi connectivity index (χ0) is 11.4. The van der Waals surface area contributed by atoms with Gasteiger partial charge in [-0.25, -0.2) is 0 Å². The van der Waals surface area contributed by atoms with Crippen LogP contribution in [0.5, 0.6) is 0 Å². The fraction of sp³-hybridized carbons (Fsp3) is 1.00. The molecule has 1 atom stereocenters. The molecular weight excluding hydrogens is 198 g/mol. The normalized spacial score (nSPS) is 28.1. The summed E-state index contributed by atoms with van der Waals surface area (Å²) in [6.45, 7) is 4.66. The highest BCUT2D eigenvalue weighted by Gasteiger charge is 2.28. The molecule has 1 saturated heterocycles. The van der Waals surface area contributed by atoms with Gasteiger partial charge in [0, 0.05) is 20.2 Å². The molecule has 0 aromatic rings. The Hall–Kier alpha value is -0.0800. The number of hydrogen-bond donors (Lipinski definition) is 0. The Morgan fingerprint density at radius 2 is 1.50 bits per heavy atom. The lowest BCUT2D eigenvalue weighted by atomic mass is 9.76. The van der Waals surface area contributed by atoms with Crippen LogP contribution in [0.25, 0.3) is 0 Å². The van der Waals surface area contributed by atoms with Gasteiger partial charge in [0.1, 0.15) is 6.23 Å². The van der Waals surface area contributed by atoms with Crippen LogP contribution in [0.2, 0.25) is 0 Å². The van der Waals surface area contributed by atoms with E-state index in [2.05, 4.69) is 11.8 Å². The molecule has 94 valence electrons. The van der Waals surface area contributed by atoms with Crippen molar-refractivity contribution in [2.45, 2.75) is 58.1 Å². The van der Waals surface area contributed by atoms with E-state index in [1.807, 2.05) is 7.11 Å². The molecular formula is C14H27NO. The molecule has 2 heteroatoms. The van der Waals surface area contributed by atoms with Crippen molar-refractivity contribution in [1.82, 2.24) is 4.90 Å². The molecule has 1 heterocycles. The molecule has 0 aromatic carbocycles. The SMILES string of the molecule is COC(C)N1CCC(C2CCCCC2)CC1. The lowest BCUT2D eigenvalue weighted by Crippen LogP contribution is -2.42. The van der Waals surface area contributed by atoms with Crippen molar-refractivity contribution in [3.05, 3.63) is 0 Å². The van der Waals surface area contributed by atoms with Gasteiger partial charge in [-0.05, 0) is 31.6 Å². The molecule has 0 radical (unpaired) electrons. The number of ether oxygens (including phenoxy) is 1. The predicted octanol–water partition coefficient (Wildman–Crippen LogP) is 3.27. The minimum atomic E-state index is 0.312. The molecule has 2 nitrogen and oxygen atoms in total. The molecule has 0 N–H and O–H groups in total. The van der Waals surface area contributed by atoms with Crippen molar-refractivity contribution in [3.8, 4) is 0 Å². The monoisotopic (exact) mass is 225 g/mol. The lowest BCUT2D eigenvalue weighted by Gasteiger charge is -2.39. The summed E-state index contributed by atoms with van der Waals surface area (Å²) < 4.78 is 5.40. The maximum absolute atomic E-state index is 5.40. The average Bonchev–Trinajstić information content (AvgIpc) is 2.39. The van der Waals surface area contributed by atoms with Gasteiger partial charge in [-0.1, -0.05) is 32.1 Å². The van der Waals surface area contributed by atoms with E-state index in [1.165, 1.54) is 58.0 Å². The maximum atomic E-state index is 5.40. The number of hydrogen-bond acceptors (Lipinski definition) is 2. The maximum Gasteiger partial charge on any atom is 0.107 e. The summed E-state index contributed by atoms with van der Waals surface area (Å²) in [6.07, 6.45) is 10.6. The van der Waals surface area contributed by atoms with E-state index in [0.29, 0.717) is 6.23 Å². The second-order valence-corrected chi connectivity index (χ2v) is 5.61.